The monoisotopic (exact) mass is 449 g/mol. The van der Waals surface area contributed by atoms with Gasteiger partial charge in [0.15, 0.2) is 0 Å². The van der Waals surface area contributed by atoms with Gasteiger partial charge in [-0.25, -0.2) is 0 Å². The first-order valence-corrected chi connectivity index (χ1v) is 12.6. The summed E-state index contributed by atoms with van der Waals surface area (Å²) in [7, 11) is 1.92. The van der Waals surface area contributed by atoms with E-state index in [0.29, 0.717) is 19.0 Å². The Morgan fingerprint density at radius 2 is 1.91 bits per heavy atom. The number of nitrogens with one attached hydrogen (secondary N) is 3. The quantitative estimate of drug-likeness (QED) is 0.0922. The summed E-state index contributed by atoms with van der Waals surface area (Å²) in [4.78, 5) is 0. The van der Waals surface area contributed by atoms with E-state index in [1.807, 2.05) is 7.05 Å². The van der Waals surface area contributed by atoms with Gasteiger partial charge in [-0.15, -0.1) is 0 Å². The molecule has 1 unspecified atom stereocenters. The molecule has 0 amide bonds. The maximum atomic E-state index is 13.4. The summed E-state index contributed by atoms with van der Waals surface area (Å²) in [6, 6.07) is 0.436. The standard InChI is InChI=1S/C15H37FIN5O/c1-4-17(7-8-23)22-10-15(21-11-19)12(2)14(20-3)6-5-13(16)9-18/h12-15,20-23H,4-11,18-19H2,1-3H3/t12-,13?,14+,15-/m0/s1. The summed E-state index contributed by atoms with van der Waals surface area (Å²) in [5.74, 6) is 0.310. The molecule has 0 aliphatic rings. The Kier molecular flexibility index (Phi) is 15.0. The number of halogens is 2. The zero-order valence-electron chi connectivity index (χ0n) is 14.8. The molecule has 0 heterocycles. The second-order valence-electron chi connectivity index (χ2n) is 5.65. The average molecular weight is 449 g/mol. The molecule has 0 aromatic rings. The number of hydrogen-bond donors (Lipinski definition) is 6. The van der Waals surface area contributed by atoms with Crippen molar-refractivity contribution in [1.29, 1.82) is 0 Å². The van der Waals surface area contributed by atoms with Crippen LogP contribution in [-0.4, -0.2) is 65.6 Å². The van der Waals surface area contributed by atoms with E-state index in [-0.39, 0.29) is 25.2 Å². The van der Waals surface area contributed by atoms with Crippen molar-refractivity contribution in [2.45, 2.75) is 44.9 Å². The van der Waals surface area contributed by atoms with Gasteiger partial charge in [0.05, 0.1) is 0 Å². The number of aliphatic hydroxyl groups excluding tert-OH is 1. The molecule has 0 fully saturated rings. The van der Waals surface area contributed by atoms with Gasteiger partial charge < -0.3 is 0 Å². The van der Waals surface area contributed by atoms with E-state index >= 15 is 0 Å². The molecule has 0 aliphatic carbocycles. The van der Waals surface area contributed by atoms with Gasteiger partial charge in [0.25, 0.3) is 0 Å². The van der Waals surface area contributed by atoms with Gasteiger partial charge in [0.2, 0.25) is 0 Å². The Bertz CT molecular complexity index is 278. The molecule has 0 saturated heterocycles. The van der Waals surface area contributed by atoms with Crippen molar-refractivity contribution in [2.24, 2.45) is 17.4 Å². The second kappa shape index (κ2) is 14.7. The van der Waals surface area contributed by atoms with Gasteiger partial charge in [-0.3, -0.25) is 0 Å². The topological polar surface area (TPSA) is 108 Å². The van der Waals surface area contributed by atoms with Crippen LogP contribution < -0.4 is 25.6 Å². The molecule has 0 aromatic heterocycles. The predicted octanol–water partition coefficient (Wildman–Crippen LogP) is 0.185. The summed E-state index contributed by atoms with van der Waals surface area (Å²) in [5, 5.41) is 15.8. The van der Waals surface area contributed by atoms with Crippen molar-refractivity contribution >= 4 is 20.1 Å². The number of alkyl halides is 3. The van der Waals surface area contributed by atoms with Crippen LogP contribution in [-0.2, 0) is 0 Å². The molecule has 4 atom stereocenters. The normalized spacial score (nSPS) is 17.6. The van der Waals surface area contributed by atoms with Gasteiger partial charge >= 0.3 is 148 Å². The number of nitrogens with two attached hydrogens (primary N) is 2. The first-order valence-electron chi connectivity index (χ1n) is 8.44. The molecule has 0 bridgehead atoms. The number of hydrogen-bond acceptors (Lipinski definition) is 6. The van der Waals surface area contributed by atoms with Crippen LogP contribution >= 0.6 is 20.1 Å². The fourth-order valence-corrected chi connectivity index (χ4v) is 5.98. The van der Waals surface area contributed by atoms with Crippen LogP contribution in [0.5, 0.6) is 0 Å². The third kappa shape index (κ3) is 10.1. The molecule has 142 valence electrons. The van der Waals surface area contributed by atoms with Crippen LogP contribution in [0.25, 0.3) is 0 Å². The van der Waals surface area contributed by atoms with Crippen LogP contribution in [0.4, 0.5) is 4.39 Å². The molecule has 0 radical (unpaired) electrons. The van der Waals surface area contributed by atoms with Gasteiger partial charge in [0.1, 0.15) is 0 Å². The zero-order chi connectivity index (χ0) is 17.7. The Labute approximate surface area is 148 Å². The third-order valence-electron chi connectivity index (χ3n) is 4.19. The minimum atomic E-state index is -1.27. The average Bonchev–Trinajstić information content (AvgIpc) is 2.57. The Morgan fingerprint density at radius 1 is 1.22 bits per heavy atom. The van der Waals surface area contributed by atoms with E-state index in [1.165, 1.54) is 0 Å². The minimum absolute atomic E-state index is 0.0858. The first kappa shape index (κ1) is 23.4. The molecule has 6 nitrogen and oxygen atoms in total. The maximum absolute atomic E-state index is 13.4. The van der Waals surface area contributed by atoms with Crippen molar-refractivity contribution in [3.05, 3.63) is 0 Å². The van der Waals surface area contributed by atoms with E-state index in [0.717, 1.165) is 21.8 Å². The molecule has 0 spiro atoms. The molecule has 0 aromatic carbocycles. The van der Waals surface area contributed by atoms with Crippen molar-refractivity contribution in [3.63, 3.8) is 0 Å². The molecule has 8 N–H and O–H groups in total. The fourth-order valence-electron chi connectivity index (χ4n) is 2.61. The van der Waals surface area contributed by atoms with E-state index < -0.39 is 26.3 Å². The van der Waals surface area contributed by atoms with Crippen LogP contribution in [0.15, 0.2) is 0 Å². The molecule has 0 aliphatic heterocycles. The summed E-state index contributed by atoms with van der Waals surface area (Å²) in [5.41, 5.74) is 11.0. The predicted molar refractivity (Wildman–Crippen MR) is 106 cm³/mol. The molecule has 0 saturated carbocycles. The Balaban J connectivity index is 4.56. The molecule has 23 heavy (non-hydrogen) atoms. The molecular weight excluding hydrogens is 412 g/mol. The summed E-state index contributed by atoms with van der Waals surface area (Å²) >= 11 is -1.27. The number of rotatable bonds is 15. The third-order valence-corrected chi connectivity index (χ3v) is 9.33. The summed E-state index contributed by atoms with van der Waals surface area (Å²) in [6.07, 6.45) is 0.304. The Hall–Kier alpha value is 0.420. The van der Waals surface area contributed by atoms with Gasteiger partial charge in [0, 0.05) is 0 Å². The van der Waals surface area contributed by atoms with E-state index in [1.54, 1.807) is 0 Å². The van der Waals surface area contributed by atoms with Crippen molar-refractivity contribution in [2.75, 3.05) is 42.3 Å². The van der Waals surface area contributed by atoms with Crippen LogP contribution in [0.2, 0.25) is 0 Å². The first-order chi connectivity index (χ1) is 11.0. The van der Waals surface area contributed by atoms with E-state index in [4.69, 9.17) is 16.6 Å². The van der Waals surface area contributed by atoms with Crippen LogP contribution in [0, 0.1) is 5.92 Å². The molecule has 8 heteroatoms. The summed E-state index contributed by atoms with van der Waals surface area (Å²) in [6.45, 7) is 5.94. The van der Waals surface area contributed by atoms with Crippen molar-refractivity contribution in [1.82, 2.24) is 14.2 Å². The second-order valence-corrected chi connectivity index (χ2v) is 11.6. The SMILES string of the molecule is CCI(CCO)NC[C@H](NCN)[C@@H](C)[C@@H](CCC(F)CN)NC. The van der Waals surface area contributed by atoms with Crippen molar-refractivity contribution in [3.8, 4) is 0 Å². The van der Waals surface area contributed by atoms with E-state index in [2.05, 4.69) is 28.0 Å². The van der Waals surface area contributed by atoms with Gasteiger partial charge in [-0.2, -0.15) is 0 Å². The zero-order valence-corrected chi connectivity index (χ0v) is 17.0. The molecular formula is C15H37FIN5O. The van der Waals surface area contributed by atoms with Crippen LogP contribution in [0.1, 0.15) is 26.7 Å². The van der Waals surface area contributed by atoms with Crippen molar-refractivity contribution < 1.29 is 9.50 Å². The fraction of sp³-hybridized carbons (Fsp3) is 1.00. The van der Waals surface area contributed by atoms with Gasteiger partial charge in [-0.05, 0) is 0 Å². The van der Waals surface area contributed by atoms with Crippen LogP contribution in [0.3, 0.4) is 0 Å². The Morgan fingerprint density at radius 3 is 2.39 bits per heavy atom. The molecule has 0 rings (SSSR count). The van der Waals surface area contributed by atoms with Gasteiger partial charge in [-0.1, -0.05) is 0 Å². The summed E-state index contributed by atoms with van der Waals surface area (Å²) < 4.78 is 19.1. The number of aliphatic hydroxyl groups is 1. The van der Waals surface area contributed by atoms with E-state index in [9.17, 15) is 4.39 Å².